The number of carbonyl (C=O) groups excluding carboxylic acids is 1. The maximum Gasteiger partial charge on any atom is 0.483 e. The number of terminal acetylenes is 1. The molecule has 158 valence electrons. The predicted octanol–water partition coefficient (Wildman–Crippen LogP) is 3.54. The summed E-state index contributed by atoms with van der Waals surface area (Å²) in [5.74, 6) is -10.2. The minimum Gasteiger partial charge on any atom is -0.423 e. The number of carbonyl (C=O) groups is 1. The Labute approximate surface area is 164 Å². The molecule has 0 aliphatic carbocycles. The Hall–Kier alpha value is -3.26. The predicted molar refractivity (Wildman–Crippen MR) is 89.2 cm³/mol. The lowest BCUT2D eigenvalue weighted by Crippen LogP contribution is -2.51. The van der Waals surface area contributed by atoms with E-state index in [2.05, 4.69) is 4.74 Å². The molecule has 1 heterocycles. The molecular formula is C19H10F7NO3. The molecule has 2 aromatic rings. The smallest absolute Gasteiger partial charge is 0.423 e. The molecule has 4 nitrogen and oxygen atoms in total. The van der Waals surface area contributed by atoms with Crippen LogP contribution in [-0.2, 0) is 11.2 Å². The molecule has 1 aliphatic heterocycles. The third-order valence-electron chi connectivity index (χ3n) is 4.31. The summed E-state index contributed by atoms with van der Waals surface area (Å²) in [6.07, 6.45) is -0.0971. The van der Waals surface area contributed by atoms with Gasteiger partial charge in [-0.25, -0.2) is 22.0 Å². The van der Waals surface area contributed by atoms with Gasteiger partial charge in [-0.2, -0.15) is 8.78 Å². The van der Waals surface area contributed by atoms with E-state index >= 15 is 0 Å². The number of alkyl halides is 2. The molecule has 1 amide bonds. The van der Waals surface area contributed by atoms with Gasteiger partial charge in [-0.15, -0.1) is 6.42 Å². The van der Waals surface area contributed by atoms with E-state index in [9.17, 15) is 35.5 Å². The van der Waals surface area contributed by atoms with E-state index in [1.165, 1.54) is 0 Å². The van der Waals surface area contributed by atoms with Crippen LogP contribution in [-0.4, -0.2) is 30.3 Å². The van der Waals surface area contributed by atoms with Crippen LogP contribution in [0, 0.1) is 41.4 Å². The van der Waals surface area contributed by atoms with Crippen LogP contribution in [0.25, 0.3) is 11.1 Å². The molecule has 0 fully saturated rings. The zero-order valence-corrected chi connectivity index (χ0v) is 14.7. The summed E-state index contributed by atoms with van der Waals surface area (Å²) in [5, 5.41) is 8.90. The van der Waals surface area contributed by atoms with Crippen molar-refractivity contribution in [1.82, 2.24) is 0 Å². The number of rotatable bonds is 4. The van der Waals surface area contributed by atoms with Gasteiger partial charge in [0, 0.05) is 30.2 Å². The van der Waals surface area contributed by atoms with Crippen molar-refractivity contribution in [1.29, 1.82) is 0 Å². The topological polar surface area (TPSA) is 49.8 Å². The Morgan fingerprint density at radius 3 is 2.33 bits per heavy atom. The van der Waals surface area contributed by atoms with Crippen molar-refractivity contribution in [3.05, 3.63) is 46.8 Å². The number of hydrogen-bond acceptors (Lipinski definition) is 3. The van der Waals surface area contributed by atoms with Gasteiger partial charge in [0.1, 0.15) is 11.6 Å². The molecule has 0 bridgehead atoms. The maximum atomic E-state index is 14.7. The van der Waals surface area contributed by atoms with Gasteiger partial charge in [0.05, 0.1) is 17.8 Å². The number of fused-ring (bicyclic) bond motifs is 1. The first kappa shape index (κ1) is 21.4. The molecular weight excluding hydrogens is 423 g/mol. The summed E-state index contributed by atoms with van der Waals surface area (Å²) in [4.78, 5) is 12.2. The molecule has 0 saturated heterocycles. The van der Waals surface area contributed by atoms with Crippen molar-refractivity contribution in [3.63, 3.8) is 0 Å². The number of amides is 1. The summed E-state index contributed by atoms with van der Waals surface area (Å²) in [6, 6.07) is 0.858. The SMILES string of the molecule is C#CCN1C(=O)C(F)(F)Oc2cc(F)c(-c3c(F)c(F)c(F)c(CCO)c3F)cc21. The summed E-state index contributed by atoms with van der Waals surface area (Å²) in [5.41, 5.74) is -3.98. The van der Waals surface area contributed by atoms with E-state index in [-0.39, 0.29) is 0 Å². The summed E-state index contributed by atoms with van der Waals surface area (Å²) in [7, 11) is 0. The van der Waals surface area contributed by atoms with Crippen molar-refractivity contribution < 1.29 is 45.4 Å². The van der Waals surface area contributed by atoms with Crippen molar-refractivity contribution >= 4 is 11.6 Å². The lowest BCUT2D eigenvalue weighted by Gasteiger charge is -2.32. The van der Waals surface area contributed by atoms with Crippen LogP contribution < -0.4 is 9.64 Å². The van der Waals surface area contributed by atoms with Gasteiger partial charge in [0.25, 0.3) is 0 Å². The fourth-order valence-corrected chi connectivity index (χ4v) is 2.97. The third-order valence-corrected chi connectivity index (χ3v) is 4.31. The molecule has 0 unspecified atom stereocenters. The second kappa shape index (κ2) is 7.53. The van der Waals surface area contributed by atoms with Gasteiger partial charge in [-0.05, 0) is 6.07 Å². The van der Waals surface area contributed by atoms with E-state index in [0.717, 1.165) is 0 Å². The quantitative estimate of drug-likeness (QED) is 0.348. The van der Waals surface area contributed by atoms with E-state index in [1.807, 2.05) is 5.92 Å². The Kier molecular flexibility index (Phi) is 5.38. The fraction of sp³-hybridized carbons (Fsp3) is 0.211. The highest BCUT2D eigenvalue weighted by Gasteiger charge is 2.50. The molecule has 0 saturated carbocycles. The van der Waals surface area contributed by atoms with Crippen LogP contribution in [0.5, 0.6) is 5.75 Å². The first-order valence-corrected chi connectivity index (χ1v) is 8.17. The van der Waals surface area contributed by atoms with Crippen LogP contribution in [0.4, 0.5) is 36.4 Å². The highest BCUT2D eigenvalue weighted by atomic mass is 19.3. The Morgan fingerprint density at radius 2 is 1.73 bits per heavy atom. The molecule has 0 spiro atoms. The van der Waals surface area contributed by atoms with E-state index in [0.29, 0.717) is 17.0 Å². The largest absolute Gasteiger partial charge is 0.483 e. The van der Waals surface area contributed by atoms with E-state index < -0.39 is 88.8 Å². The summed E-state index contributed by atoms with van der Waals surface area (Å²) < 4.78 is 103. The molecule has 3 rings (SSSR count). The number of benzene rings is 2. The fourth-order valence-electron chi connectivity index (χ4n) is 2.97. The minimum absolute atomic E-state index is 0.306. The summed E-state index contributed by atoms with van der Waals surface area (Å²) >= 11 is 0. The first-order valence-electron chi connectivity index (χ1n) is 8.17. The highest BCUT2D eigenvalue weighted by molar-refractivity contribution is 6.02. The lowest BCUT2D eigenvalue weighted by molar-refractivity contribution is -0.192. The molecule has 0 atom stereocenters. The van der Waals surface area contributed by atoms with Gasteiger partial charge in [0.15, 0.2) is 23.2 Å². The number of aliphatic hydroxyl groups is 1. The Balaban J connectivity index is 2.31. The average molecular weight is 433 g/mol. The molecule has 1 N–H and O–H groups in total. The normalized spacial score (nSPS) is 14.9. The molecule has 0 radical (unpaired) electrons. The second-order valence-electron chi connectivity index (χ2n) is 6.10. The number of ether oxygens (including phenoxy) is 1. The van der Waals surface area contributed by atoms with Crippen LogP contribution in [0.1, 0.15) is 5.56 Å². The lowest BCUT2D eigenvalue weighted by atomic mass is 9.97. The van der Waals surface area contributed by atoms with Gasteiger partial charge < -0.3 is 9.84 Å². The number of anilines is 1. The van der Waals surface area contributed by atoms with Crippen LogP contribution in [0.2, 0.25) is 0 Å². The van der Waals surface area contributed by atoms with Crippen molar-refractivity contribution in [2.45, 2.75) is 12.5 Å². The van der Waals surface area contributed by atoms with Gasteiger partial charge in [-0.3, -0.25) is 9.69 Å². The van der Waals surface area contributed by atoms with E-state index in [1.54, 1.807) is 0 Å². The number of halogens is 7. The highest BCUT2D eigenvalue weighted by Crippen LogP contribution is 2.44. The minimum atomic E-state index is -4.38. The first-order chi connectivity index (χ1) is 14.0. The van der Waals surface area contributed by atoms with Crippen molar-refractivity contribution in [2.24, 2.45) is 0 Å². The van der Waals surface area contributed by atoms with Crippen LogP contribution in [0.15, 0.2) is 12.1 Å². The van der Waals surface area contributed by atoms with Gasteiger partial charge in [0.2, 0.25) is 0 Å². The number of aliphatic hydroxyl groups excluding tert-OH is 1. The zero-order chi connectivity index (χ0) is 22.4. The zero-order valence-electron chi connectivity index (χ0n) is 14.7. The maximum absolute atomic E-state index is 14.7. The van der Waals surface area contributed by atoms with Gasteiger partial charge in [-0.1, -0.05) is 5.92 Å². The molecule has 11 heteroatoms. The molecule has 30 heavy (non-hydrogen) atoms. The van der Waals surface area contributed by atoms with E-state index in [4.69, 9.17) is 11.5 Å². The Bertz CT molecular complexity index is 1100. The van der Waals surface area contributed by atoms with Crippen LogP contribution >= 0.6 is 0 Å². The van der Waals surface area contributed by atoms with Crippen molar-refractivity contribution in [3.8, 4) is 29.2 Å². The molecule has 0 aromatic heterocycles. The van der Waals surface area contributed by atoms with Crippen LogP contribution in [0.3, 0.4) is 0 Å². The van der Waals surface area contributed by atoms with Gasteiger partial charge >= 0.3 is 12.0 Å². The number of nitrogens with zero attached hydrogens (tertiary/aromatic N) is 1. The monoisotopic (exact) mass is 433 g/mol. The average Bonchev–Trinajstić information content (AvgIpc) is 2.68. The summed E-state index contributed by atoms with van der Waals surface area (Å²) in [6.45, 7) is -1.56. The molecule has 2 aromatic carbocycles. The number of hydrogen-bond donors (Lipinski definition) is 1. The second-order valence-corrected chi connectivity index (χ2v) is 6.10. The van der Waals surface area contributed by atoms with Crippen molar-refractivity contribution in [2.75, 3.05) is 18.1 Å². The molecule has 1 aliphatic rings. The standard InChI is InChI=1S/C19H10F7NO3/c1-2-4-27-11-6-9(10(20)7-12(11)30-19(25,26)18(27)29)13-14(21)8(3-5-28)15(22)17(24)16(13)23/h1,6-7,28H,3-5H2. The third kappa shape index (κ3) is 3.23. The Morgan fingerprint density at radius 1 is 1.07 bits per heavy atom.